The van der Waals surface area contributed by atoms with Crippen molar-refractivity contribution < 1.29 is 13.5 Å². The normalized spacial score (nSPS) is 10.4. The molecule has 0 radical (unpaired) electrons. The highest BCUT2D eigenvalue weighted by Gasteiger charge is 2.09. The van der Waals surface area contributed by atoms with Gasteiger partial charge in [0, 0.05) is 12.1 Å². The van der Waals surface area contributed by atoms with E-state index >= 15 is 0 Å². The molecule has 0 saturated heterocycles. The molecule has 4 nitrogen and oxygen atoms in total. The molecular weight excluding hydrogens is 312 g/mol. The molecule has 0 amide bonds. The number of halogens is 2. The van der Waals surface area contributed by atoms with E-state index in [0.717, 1.165) is 11.8 Å². The second-order valence-corrected chi connectivity index (χ2v) is 5.07. The van der Waals surface area contributed by atoms with Crippen LogP contribution in [0.2, 0.25) is 0 Å². The number of rotatable bonds is 6. The molecule has 6 heteroatoms. The number of aromatic nitrogens is 2. The van der Waals surface area contributed by atoms with Crippen molar-refractivity contribution in [1.29, 1.82) is 0 Å². The van der Waals surface area contributed by atoms with Crippen LogP contribution >= 0.6 is 0 Å². The van der Waals surface area contributed by atoms with Gasteiger partial charge in [-0.2, -0.15) is 4.98 Å². The molecule has 0 spiro atoms. The van der Waals surface area contributed by atoms with Crippen LogP contribution in [0.4, 0.5) is 14.6 Å². The first-order valence-electron chi connectivity index (χ1n) is 7.39. The first-order chi connectivity index (χ1) is 11.7. The summed E-state index contributed by atoms with van der Waals surface area (Å²) in [6.07, 6.45) is 1.02. The van der Waals surface area contributed by atoms with Crippen molar-refractivity contribution in [2.45, 2.75) is 13.2 Å². The topological polar surface area (TPSA) is 47.0 Å². The lowest BCUT2D eigenvalue weighted by Gasteiger charge is -2.09. The maximum absolute atomic E-state index is 13.8. The number of ether oxygens (including phenoxy) is 1. The largest absolute Gasteiger partial charge is 0.459 e. The molecule has 24 heavy (non-hydrogen) atoms. The average molecular weight is 327 g/mol. The van der Waals surface area contributed by atoms with Gasteiger partial charge in [-0.15, -0.1) is 0 Å². The van der Waals surface area contributed by atoms with E-state index in [0.29, 0.717) is 5.56 Å². The Balaban J connectivity index is 1.66. The Bertz CT molecular complexity index is 812. The Morgan fingerprint density at radius 2 is 1.67 bits per heavy atom. The summed E-state index contributed by atoms with van der Waals surface area (Å²) < 4.78 is 32.8. The van der Waals surface area contributed by atoms with E-state index in [1.165, 1.54) is 6.07 Å². The fourth-order valence-electron chi connectivity index (χ4n) is 2.09. The number of hydrogen-bond acceptors (Lipinski definition) is 4. The van der Waals surface area contributed by atoms with Crippen LogP contribution in [-0.2, 0) is 13.2 Å². The maximum Gasteiger partial charge on any atom is 0.318 e. The number of nitrogens with zero attached hydrogens (tertiary/aromatic N) is 2. The van der Waals surface area contributed by atoms with Crippen LogP contribution in [0.5, 0.6) is 6.01 Å². The van der Waals surface area contributed by atoms with Crippen LogP contribution in [0.25, 0.3) is 0 Å². The van der Waals surface area contributed by atoms with Gasteiger partial charge >= 0.3 is 6.01 Å². The predicted molar refractivity (Wildman–Crippen MR) is 86.5 cm³/mol. The summed E-state index contributed by atoms with van der Waals surface area (Å²) in [6, 6.07) is 15.8. The smallest absolute Gasteiger partial charge is 0.318 e. The second kappa shape index (κ2) is 7.50. The van der Waals surface area contributed by atoms with Gasteiger partial charge in [-0.3, -0.25) is 0 Å². The number of nitrogens with one attached hydrogen (secondary N) is 1. The Hall–Kier alpha value is -3.02. The van der Waals surface area contributed by atoms with Crippen molar-refractivity contribution in [3.8, 4) is 6.01 Å². The SMILES string of the molecule is Fc1ccccc1CNc1nc(OCc2ccccc2)ncc1F. The molecule has 0 unspecified atom stereocenters. The Kier molecular flexibility index (Phi) is 4.96. The Labute approximate surface area is 138 Å². The highest BCUT2D eigenvalue weighted by molar-refractivity contribution is 5.37. The third kappa shape index (κ3) is 4.04. The molecule has 0 aliphatic heterocycles. The van der Waals surface area contributed by atoms with E-state index in [9.17, 15) is 8.78 Å². The van der Waals surface area contributed by atoms with Gasteiger partial charge in [-0.25, -0.2) is 13.8 Å². The highest BCUT2D eigenvalue weighted by atomic mass is 19.1. The van der Waals surface area contributed by atoms with Gasteiger partial charge < -0.3 is 10.1 Å². The summed E-state index contributed by atoms with van der Waals surface area (Å²) in [5.41, 5.74) is 1.37. The molecule has 2 aromatic carbocycles. The zero-order valence-electron chi connectivity index (χ0n) is 12.7. The molecule has 0 aliphatic rings. The van der Waals surface area contributed by atoms with Crippen LogP contribution in [0.3, 0.4) is 0 Å². The molecule has 122 valence electrons. The minimum absolute atomic E-state index is 0.0312. The van der Waals surface area contributed by atoms with Crippen molar-refractivity contribution in [3.63, 3.8) is 0 Å². The van der Waals surface area contributed by atoms with Gasteiger partial charge in [0.1, 0.15) is 12.4 Å². The lowest BCUT2D eigenvalue weighted by atomic mass is 10.2. The summed E-state index contributed by atoms with van der Waals surface area (Å²) in [7, 11) is 0. The molecule has 1 N–H and O–H groups in total. The highest BCUT2D eigenvalue weighted by Crippen LogP contribution is 2.16. The van der Waals surface area contributed by atoms with Gasteiger partial charge in [-0.05, 0) is 11.6 Å². The molecule has 1 aromatic heterocycles. The van der Waals surface area contributed by atoms with Gasteiger partial charge in [0.15, 0.2) is 11.6 Å². The van der Waals surface area contributed by atoms with Crippen molar-refractivity contribution in [2.24, 2.45) is 0 Å². The van der Waals surface area contributed by atoms with E-state index in [1.807, 2.05) is 30.3 Å². The molecule has 1 heterocycles. The van der Waals surface area contributed by atoms with Crippen LogP contribution in [0.15, 0.2) is 60.8 Å². The Morgan fingerprint density at radius 1 is 0.917 bits per heavy atom. The predicted octanol–water partition coefficient (Wildman–Crippen LogP) is 3.95. The summed E-state index contributed by atoms with van der Waals surface area (Å²) in [6.45, 7) is 0.387. The van der Waals surface area contributed by atoms with Crippen molar-refractivity contribution in [1.82, 2.24) is 9.97 Å². The fraction of sp³-hybridized carbons (Fsp3) is 0.111. The van der Waals surface area contributed by atoms with Gasteiger partial charge in [0.25, 0.3) is 0 Å². The molecular formula is C18H15F2N3O. The molecule has 0 aliphatic carbocycles. The van der Waals surface area contributed by atoms with Crippen molar-refractivity contribution in [3.05, 3.63) is 83.6 Å². The van der Waals surface area contributed by atoms with Crippen LogP contribution < -0.4 is 10.1 Å². The monoisotopic (exact) mass is 327 g/mol. The van der Waals surface area contributed by atoms with Gasteiger partial charge in [0.05, 0.1) is 6.20 Å². The first kappa shape index (κ1) is 15.9. The fourth-order valence-corrected chi connectivity index (χ4v) is 2.09. The lowest BCUT2D eigenvalue weighted by molar-refractivity contribution is 0.280. The standard InChI is InChI=1S/C18H15F2N3O/c19-15-9-5-4-8-14(15)10-21-17-16(20)11-22-18(23-17)24-12-13-6-2-1-3-7-13/h1-9,11H,10,12H2,(H,21,22,23). The quantitative estimate of drug-likeness (QED) is 0.745. The molecule has 0 atom stereocenters. The van der Waals surface area contributed by atoms with Crippen molar-refractivity contribution >= 4 is 5.82 Å². The maximum atomic E-state index is 13.8. The number of benzene rings is 2. The summed E-state index contributed by atoms with van der Waals surface area (Å²) >= 11 is 0. The second-order valence-electron chi connectivity index (χ2n) is 5.07. The molecule has 3 rings (SSSR count). The summed E-state index contributed by atoms with van der Waals surface area (Å²) in [5.74, 6) is -1.02. The first-order valence-corrected chi connectivity index (χ1v) is 7.39. The van der Waals surface area contributed by atoms with E-state index in [-0.39, 0.29) is 30.8 Å². The molecule has 0 saturated carbocycles. The Morgan fingerprint density at radius 3 is 2.46 bits per heavy atom. The summed E-state index contributed by atoms with van der Waals surface area (Å²) in [5, 5.41) is 2.76. The minimum Gasteiger partial charge on any atom is -0.459 e. The van der Waals surface area contributed by atoms with E-state index in [1.54, 1.807) is 18.2 Å². The zero-order valence-corrected chi connectivity index (χ0v) is 12.7. The number of anilines is 1. The third-order valence-electron chi connectivity index (χ3n) is 3.34. The number of hydrogen-bond donors (Lipinski definition) is 1. The van der Waals surface area contributed by atoms with Crippen LogP contribution in [0, 0.1) is 11.6 Å². The van der Waals surface area contributed by atoms with E-state index in [2.05, 4.69) is 15.3 Å². The molecule has 0 fully saturated rings. The van der Waals surface area contributed by atoms with Gasteiger partial charge in [-0.1, -0.05) is 48.5 Å². The molecule has 3 aromatic rings. The van der Waals surface area contributed by atoms with Crippen LogP contribution in [-0.4, -0.2) is 9.97 Å². The van der Waals surface area contributed by atoms with Crippen LogP contribution in [0.1, 0.15) is 11.1 Å². The average Bonchev–Trinajstić information content (AvgIpc) is 2.62. The zero-order chi connectivity index (χ0) is 16.8. The van der Waals surface area contributed by atoms with Gasteiger partial charge in [0.2, 0.25) is 0 Å². The summed E-state index contributed by atoms with van der Waals surface area (Å²) in [4.78, 5) is 7.79. The lowest BCUT2D eigenvalue weighted by Crippen LogP contribution is -2.07. The molecule has 0 bridgehead atoms. The third-order valence-corrected chi connectivity index (χ3v) is 3.34. The van der Waals surface area contributed by atoms with E-state index in [4.69, 9.17) is 4.74 Å². The van der Waals surface area contributed by atoms with Crippen molar-refractivity contribution in [2.75, 3.05) is 5.32 Å². The minimum atomic E-state index is -0.626. The van der Waals surface area contributed by atoms with E-state index < -0.39 is 5.82 Å².